The predicted octanol–water partition coefficient (Wildman–Crippen LogP) is 4.62. The summed E-state index contributed by atoms with van der Waals surface area (Å²) in [5.74, 6) is -0.635. The van der Waals surface area contributed by atoms with E-state index in [1.807, 2.05) is 30.3 Å². The van der Waals surface area contributed by atoms with Crippen molar-refractivity contribution >= 4 is 45.8 Å². The third-order valence-electron chi connectivity index (χ3n) is 3.46. The molecule has 0 saturated heterocycles. The van der Waals surface area contributed by atoms with Crippen molar-refractivity contribution in [1.82, 2.24) is 0 Å². The summed E-state index contributed by atoms with van der Waals surface area (Å²) in [6.45, 7) is 0. The summed E-state index contributed by atoms with van der Waals surface area (Å²) in [7, 11) is 0. The van der Waals surface area contributed by atoms with Gasteiger partial charge in [-0.2, -0.15) is 0 Å². The number of amidine groups is 1. The third kappa shape index (κ3) is 3.20. The fraction of sp³-hybridized carbons (Fsp3) is 0. The van der Waals surface area contributed by atoms with Gasteiger partial charge in [0, 0.05) is 5.56 Å². The molecule has 0 radical (unpaired) electrons. The number of nitrogens with zero attached hydrogens (tertiary/aromatic N) is 1. The largest absolute Gasteiger partial charge is 0.380 e. The molecular formula is C18H12Cl2N2O2. The molecule has 0 aliphatic rings. The van der Waals surface area contributed by atoms with E-state index in [-0.39, 0.29) is 10.9 Å². The molecule has 0 saturated carbocycles. The summed E-state index contributed by atoms with van der Waals surface area (Å²) >= 11 is 12.0. The van der Waals surface area contributed by atoms with Gasteiger partial charge < -0.3 is 10.6 Å². The number of hydrogen-bond donors (Lipinski definition) is 1. The van der Waals surface area contributed by atoms with E-state index >= 15 is 0 Å². The molecule has 3 aromatic rings. The van der Waals surface area contributed by atoms with Gasteiger partial charge in [-0.15, -0.1) is 0 Å². The number of halogens is 2. The van der Waals surface area contributed by atoms with Crippen molar-refractivity contribution in [3.63, 3.8) is 0 Å². The summed E-state index contributed by atoms with van der Waals surface area (Å²) in [4.78, 5) is 17.3. The number of hydrogen-bond acceptors (Lipinski definition) is 3. The predicted molar refractivity (Wildman–Crippen MR) is 96.5 cm³/mol. The fourth-order valence-corrected chi connectivity index (χ4v) is 2.69. The van der Waals surface area contributed by atoms with Gasteiger partial charge in [0.25, 0.3) is 0 Å². The van der Waals surface area contributed by atoms with Crippen LogP contribution in [0.2, 0.25) is 10.0 Å². The Kier molecular flexibility index (Phi) is 4.69. The van der Waals surface area contributed by atoms with Crippen LogP contribution in [0.25, 0.3) is 10.8 Å². The number of rotatable bonds is 3. The molecule has 2 N–H and O–H groups in total. The highest BCUT2D eigenvalue weighted by Crippen LogP contribution is 2.25. The second-order valence-electron chi connectivity index (χ2n) is 4.98. The molecule has 120 valence electrons. The van der Waals surface area contributed by atoms with E-state index in [9.17, 15) is 4.79 Å². The molecule has 0 unspecified atom stereocenters. The number of benzene rings is 3. The number of nitrogens with two attached hydrogens (primary N) is 1. The summed E-state index contributed by atoms with van der Waals surface area (Å²) in [6, 6.07) is 17.8. The Morgan fingerprint density at radius 2 is 1.58 bits per heavy atom. The first-order chi connectivity index (χ1) is 11.6. The SMILES string of the molecule is N/C(=N/OC(=O)c1cccc2ccccc12)c1cccc(Cl)c1Cl. The zero-order valence-electron chi connectivity index (χ0n) is 12.4. The van der Waals surface area contributed by atoms with Crippen LogP contribution in [0.1, 0.15) is 15.9 Å². The van der Waals surface area contributed by atoms with Gasteiger partial charge in [0.1, 0.15) is 0 Å². The van der Waals surface area contributed by atoms with E-state index in [4.69, 9.17) is 33.8 Å². The van der Waals surface area contributed by atoms with Crippen LogP contribution in [0.4, 0.5) is 0 Å². The molecule has 0 atom stereocenters. The quantitative estimate of drug-likeness (QED) is 0.321. The average Bonchev–Trinajstić information content (AvgIpc) is 2.61. The lowest BCUT2D eigenvalue weighted by molar-refractivity contribution is 0.0518. The Morgan fingerprint density at radius 1 is 0.917 bits per heavy atom. The van der Waals surface area contributed by atoms with E-state index in [1.54, 1.807) is 30.3 Å². The summed E-state index contributed by atoms with van der Waals surface area (Å²) < 4.78 is 0. The van der Waals surface area contributed by atoms with Crippen LogP contribution < -0.4 is 5.73 Å². The number of carbonyl (C=O) groups is 1. The zero-order valence-corrected chi connectivity index (χ0v) is 13.9. The zero-order chi connectivity index (χ0) is 17.1. The smallest absolute Gasteiger partial charge is 0.366 e. The Morgan fingerprint density at radius 3 is 2.42 bits per heavy atom. The second kappa shape index (κ2) is 6.91. The van der Waals surface area contributed by atoms with Crippen LogP contribution in [-0.4, -0.2) is 11.8 Å². The van der Waals surface area contributed by atoms with E-state index in [0.29, 0.717) is 16.1 Å². The lowest BCUT2D eigenvalue weighted by Crippen LogP contribution is -2.16. The monoisotopic (exact) mass is 358 g/mol. The highest BCUT2D eigenvalue weighted by atomic mass is 35.5. The van der Waals surface area contributed by atoms with Crippen molar-refractivity contribution in [2.75, 3.05) is 0 Å². The van der Waals surface area contributed by atoms with E-state index < -0.39 is 5.97 Å². The van der Waals surface area contributed by atoms with E-state index in [0.717, 1.165) is 10.8 Å². The summed E-state index contributed by atoms with van der Waals surface area (Å²) in [6.07, 6.45) is 0. The highest BCUT2D eigenvalue weighted by Gasteiger charge is 2.13. The average molecular weight is 359 g/mol. The Bertz CT molecular complexity index is 949. The Labute approximate surface area is 148 Å². The van der Waals surface area contributed by atoms with Crippen LogP contribution in [0, 0.1) is 0 Å². The van der Waals surface area contributed by atoms with Gasteiger partial charge in [0.05, 0.1) is 15.6 Å². The number of fused-ring (bicyclic) bond motifs is 1. The van der Waals surface area contributed by atoms with Gasteiger partial charge in [-0.05, 0) is 29.0 Å². The second-order valence-corrected chi connectivity index (χ2v) is 5.77. The van der Waals surface area contributed by atoms with Crippen molar-refractivity contribution in [2.24, 2.45) is 10.9 Å². The molecular weight excluding hydrogens is 347 g/mol. The minimum atomic E-state index is -0.604. The van der Waals surface area contributed by atoms with Crippen LogP contribution in [0.3, 0.4) is 0 Å². The van der Waals surface area contributed by atoms with Gasteiger partial charge in [-0.1, -0.05) is 70.8 Å². The molecule has 3 rings (SSSR count). The van der Waals surface area contributed by atoms with Crippen molar-refractivity contribution < 1.29 is 9.63 Å². The molecule has 3 aromatic carbocycles. The maximum atomic E-state index is 12.3. The van der Waals surface area contributed by atoms with Crippen molar-refractivity contribution in [2.45, 2.75) is 0 Å². The minimum absolute atomic E-state index is 0.0314. The topological polar surface area (TPSA) is 64.7 Å². The maximum absolute atomic E-state index is 12.3. The van der Waals surface area contributed by atoms with Crippen LogP contribution >= 0.6 is 23.2 Å². The first-order valence-electron chi connectivity index (χ1n) is 7.05. The summed E-state index contributed by atoms with van der Waals surface area (Å²) in [5, 5.41) is 5.98. The lowest BCUT2D eigenvalue weighted by Gasteiger charge is -2.06. The fourth-order valence-electron chi connectivity index (χ4n) is 2.29. The molecule has 0 heterocycles. The molecule has 24 heavy (non-hydrogen) atoms. The molecule has 4 nitrogen and oxygen atoms in total. The van der Waals surface area contributed by atoms with Gasteiger partial charge in [-0.25, -0.2) is 4.79 Å². The van der Waals surface area contributed by atoms with Crippen molar-refractivity contribution in [3.8, 4) is 0 Å². The molecule has 6 heteroatoms. The first kappa shape index (κ1) is 16.3. The molecule has 0 bridgehead atoms. The number of carbonyl (C=O) groups excluding carboxylic acids is 1. The Balaban J connectivity index is 1.88. The van der Waals surface area contributed by atoms with Crippen LogP contribution in [-0.2, 0) is 4.84 Å². The lowest BCUT2D eigenvalue weighted by atomic mass is 10.1. The van der Waals surface area contributed by atoms with Gasteiger partial charge in [-0.3, -0.25) is 0 Å². The van der Waals surface area contributed by atoms with Crippen LogP contribution in [0.15, 0.2) is 65.8 Å². The highest BCUT2D eigenvalue weighted by molar-refractivity contribution is 6.44. The molecule has 0 aliphatic heterocycles. The molecule has 0 aromatic heterocycles. The first-order valence-corrected chi connectivity index (χ1v) is 7.80. The Hall–Kier alpha value is -2.56. The van der Waals surface area contributed by atoms with Crippen LogP contribution in [0.5, 0.6) is 0 Å². The van der Waals surface area contributed by atoms with E-state index in [2.05, 4.69) is 5.16 Å². The van der Waals surface area contributed by atoms with Gasteiger partial charge >= 0.3 is 5.97 Å². The summed E-state index contributed by atoms with van der Waals surface area (Å²) in [5.41, 5.74) is 6.64. The minimum Gasteiger partial charge on any atom is -0.380 e. The maximum Gasteiger partial charge on any atom is 0.366 e. The van der Waals surface area contributed by atoms with E-state index in [1.165, 1.54) is 0 Å². The van der Waals surface area contributed by atoms with Crippen molar-refractivity contribution in [3.05, 3.63) is 81.8 Å². The number of oxime groups is 1. The molecule has 0 aliphatic carbocycles. The van der Waals surface area contributed by atoms with Gasteiger partial charge in [0.15, 0.2) is 5.84 Å². The van der Waals surface area contributed by atoms with Crippen molar-refractivity contribution in [1.29, 1.82) is 0 Å². The molecule has 0 spiro atoms. The molecule has 0 fully saturated rings. The third-order valence-corrected chi connectivity index (χ3v) is 4.28. The molecule has 0 amide bonds. The normalized spacial score (nSPS) is 11.5. The van der Waals surface area contributed by atoms with Gasteiger partial charge in [0.2, 0.25) is 0 Å². The standard InChI is InChI=1S/C18H12Cl2N2O2/c19-15-10-4-9-14(16(15)20)17(21)22-24-18(23)13-8-3-6-11-5-1-2-7-12(11)13/h1-10H,(H2,21,22).